The number of hydrogen-bond acceptors (Lipinski definition) is 5. The van der Waals surface area contributed by atoms with Crippen LogP contribution >= 0.6 is 0 Å². The average molecular weight is 315 g/mol. The monoisotopic (exact) mass is 315 g/mol. The van der Waals surface area contributed by atoms with Crippen molar-refractivity contribution in [1.29, 1.82) is 0 Å². The lowest BCUT2D eigenvalue weighted by atomic mass is 9.96. The third-order valence-electron chi connectivity index (χ3n) is 3.96. The number of tetrazole rings is 1. The Bertz CT molecular complexity index is 732. The molecule has 0 saturated carbocycles. The van der Waals surface area contributed by atoms with Crippen LogP contribution in [0.2, 0.25) is 0 Å². The van der Waals surface area contributed by atoms with Gasteiger partial charge in [-0.15, -0.1) is 10.2 Å². The second-order valence-electron chi connectivity index (χ2n) is 6.80. The highest BCUT2D eigenvalue weighted by Crippen LogP contribution is 2.30. The Balaban J connectivity index is 1.88. The minimum Gasteiger partial charge on any atom is -0.478 e. The van der Waals surface area contributed by atoms with Crippen LogP contribution in [-0.2, 0) is 18.5 Å². The van der Waals surface area contributed by atoms with Crippen LogP contribution in [0.5, 0.6) is 0 Å². The molecule has 7 nitrogen and oxygen atoms in total. The SMILES string of the molecule is CC(C)(C)n1nnc(CN2CCCc3c(C(=O)O)cccc32)n1. The second kappa shape index (κ2) is 5.64. The molecule has 1 aliphatic rings. The van der Waals surface area contributed by atoms with Crippen molar-refractivity contribution in [1.82, 2.24) is 20.2 Å². The highest BCUT2D eigenvalue weighted by Gasteiger charge is 2.24. The standard InChI is InChI=1S/C16H21N5O2/c1-16(2,3)21-18-14(17-19-21)10-20-9-5-7-11-12(15(22)23)6-4-8-13(11)20/h4,6,8H,5,7,9-10H2,1-3H3,(H,22,23). The zero-order valence-electron chi connectivity index (χ0n) is 13.7. The van der Waals surface area contributed by atoms with Crippen LogP contribution in [0, 0.1) is 0 Å². The van der Waals surface area contributed by atoms with Gasteiger partial charge in [0.25, 0.3) is 0 Å². The van der Waals surface area contributed by atoms with Gasteiger partial charge in [-0.1, -0.05) is 6.07 Å². The van der Waals surface area contributed by atoms with E-state index in [-0.39, 0.29) is 5.54 Å². The molecule has 1 aliphatic heterocycles. The number of rotatable bonds is 3. The predicted octanol–water partition coefficient (Wildman–Crippen LogP) is 2.08. The zero-order chi connectivity index (χ0) is 16.6. The molecule has 2 aromatic rings. The highest BCUT2D eigenvalue weighted by atomic mass is 16.4. The van der Waals surface area contributed by atoms with E-state index in [0.717, 1.165) is 30.6 Å². The van der Waals surface area contributed by atoms with Crippen LogP contribution in [0.3, 0.4) is 0 Å². The Hall–Kier alpha value is -2.44. The van der Waals surface area contributed by atoms with E-state index in [9.17, 15) is 9.90 Å². The van der Waals surface area contributed by atoms with E-state index in [0.29, 0.717) is 17.9 Å². The van der Waals surface area contributed by atoms with Crippen LogP contribution in [0.25, 0.3) is 0 Å². The van der Waals surface area contributed by atoms with Crippen LogP contribution in [-0.4, -0.2) is 37.8 Å². The molecule has 3 rings (SSSR count). The van der Waals surface area contributed by atoms with Gasteiger partial charge < -0.3 is 10.0 Å². The van der Waals surface area contributed by atoms with Crippen LogP contribution in [0.1, 0.15) is 48.9 Å². The summed E-state index contributed by atoms with van der Waals surface area (Å²) in [5.41, 5.74) is 2.04. The van der Waals surface area contributed by atoms with Gasteiger partial charge in [-0.3, -0.25) is 0 Å². The number of nitrogens with zero attached hydrogens (tertiary/aromatic N) is 5. The van der Waals surface area contributed by atoms with Crippen molar-refractivity contribution in [2.45, 2.75) is 45.7 Å². The fourth-order valence-corrected chi connectivity index (χ4v) is 2.83. The smallest absolute Gasteiger partial charge is 0.336 e. The molecule has 1 aromatic carbocycles. The molecule has 0 aliphatic carbocycles. The fraction of sp³-hybridized carbons (Fsp3) is 0.500. The molecule has 0 atom stereocenters. The van der Waals surface area contributed by atoms with Gasteiger partial charge >= 0.3 is 5.97 Å². The van der Waals surface area contributed by atoms with Gasteiger partial charge in [0.05, 0.1) is 17.6 Å². The molecular weight excluding hydrogens is 294 g/mol. The van der Waals surface area contributed by atoms with Crippen molar-refractivity contribution in [3.05, 3.63) is 35.2 Å². The number of anilines is 1. The molecule has 7 heteroatoms. The quantitative estimate of drug-likeness (QED) is 0.933. The number of fused-ring (bicyclic) bond motifs is 1. The minimum atomic E-state index is -0.875. The predicted molar refractivity (Wildman–Crippen MR) is 85.6 cm³/mol. The molecule has 0 spiro atoms. The van der Waals surface area contributed by atoms with Crippen molar-refractivity contribution in [3.8, 4) is 0 Å². The number of hydrogen-bond donors (Lipinski definition) is 1. The molecule has 0 radical (unpaired) electrons. The lowest BCUT2D eigenvalue weighted by molar-refractivity contribution is 0.0695. The van der Waals surface area contributed by atoms with E-state index >= 15 is 0 Å². The molecule has 122 valence electrons. The summed E-state index contributed by atoms with van der Waals surface area (Å²) in [6.45, 7) is 7.46. The number of aromatic nitrogens is 4. The Kier molecular flexibility index (Phi) is 3.79. The van der Waals surface area contributed by atoms with Gasteiger partial charge in [-0.2, -0.15) is 4.80 Å². The first-order valence-electron chi connectivity index (χ1n) is 7.76. The maximum atomic E-state index is 11.4. The number of carboxylic acid groups (broad SMARTS) is 1. The van der Waals surface area contributed by atoms with Gasteiger partial charge in [0.2, 0.25) is 0 Å². The first kappa shape index (κ1) is 15.5. The topological polar surface area (TPSA) is 84.1 Å². The van der Waals surface area contributed by atoms with Gasteiger partial charge in [0.1, 0.15) is 0 Å². The number of carboxylic acids is 1. The maximum absolute atomic E-state index is 11.4. The average Bonchev–Trinajstić information content (AvgIpc) is 2.95. The van der Waals surface area contributed by atoms with E-state index in [1.54, 1.807) is 16.9 Å². The van der Waals surface area contributed by atoms with Crippen LogP contribution in [0.15, 0.2) is 18.2 Å². The lowest BCUT2D eigenvalue weighted by Gasteiger charge is -2.31. The van der Waals surface area contributed by atoms with Gasteiger partial charge in [-0.25, -0.2) is 4.79 Å². The van der Waals surface area contributed by atoms with E-state index in [1.807, 2.05) is 26.8 Å². The molecule has 0 bridgehead atoms. The molecule has 1 aromatic heterocycles. The molecule has 23 heavy (non-hydrogen) atoms. The van der Waals surface area contributed by atoms with Crippen molar-refractivity contribution in [2.75, 3.05) is 11.4 Å². The van der Waals surface area contributed by atoms with Crippen molar-refractivity contribution < 1.29 is 9.90 Å². The summed E-state index contributed by atoms with van der Waals surface area (Å²) in [5.74, 6) is -0.228. The lowest BCUT2D eigenvalue weighted by Crippen LogP contribution is -2.30. The Morgan fingerprint density at radius 2 is 2.13 bits per heavy atom. The largest absolute Gasteiger partial charge is 0.478 e. The Morgan fingerprint density at radius 1 is 1.35 bits per heavy atom. The molecule has 1 N–H and O–H groups in total. The molecule has 0 fully saturated rings. The summed E-state index contributed by atoms with van der Waals surface area (Å²) in [5, 5.41) is 22.0. The summed E-state index contributed by atoms with van der Waals surface area (Å²) in [6.07, 6.45) is 1.71. The molecular formula is C16H21N5O2. The highest BCUT2D eigenvalue weighted by molar-refractivity contribution is 5.91. The van der Waals surface area contributed by atoms with Crippen LogP contribution < -0.4 is 4.90 Å². The number of carbonyl (C=O) groups is 1. The van der Waals surface area contributed by atoms with E-state index in [1.165, 1.54) is 0 Å². The first-order chi connectivity index (χ1) is 10.9. The fourth-order valence-electron chi connectivity index (χ4n) is 2.83. The van der Waals surface area contributed by atoms with E-state index in [4.69, 9.17) is 0 Å². The normalized spacial score (nSPS) is 14.7. The molecule has 0 saturated heterocycles. The third-order valence-corrected chi connectivity index (χ3v) is 3.96. The summed E-state index contributed by atoms with van der Waals surface area (Å²) in [6, 6.07) is 5.42. The summed E-state index contributed by atoms with van der Waals surface area (Å²) < 4.78 is 0. The summed E-state index contributed by atoms with van der Waals surface area (Å²) in [7, 11) is 0. The maximum Gasteiger partial charge on any atom is 0.336 e. The third kappa shape index (κ3) is 3.04. The zero-order valence-corrected chi connectivity index (χ0v) is 13.7. The molecule has 0 unspecified atom stereocenters. The molecule has 2 heterocycles. The second-order valence-corrected chi connectivity index (χ2v) is 6.80. The van der Waals surface area contributed by atoms with Crippen molar-refractivity contribution in [2.24, 2.45) is 0 Å². The van der Waals surface area contributed by atoms with Crippen LogP contribution in [0.4, 0.5) is 5.69 Å². The van der Waals surface area contributed by atoms with E-state index in [2.05, 4.69) is 20.3 Å². The summed E-state index contributed by atoms with van der Waals surface area (Å²) >= 11 is 0. The van der Waals surface area contributed by atoms with E-state index < -0.39 is 5.97 Å². The van der Waals surface area contributed by atoms with Gasteiger partial charge in [-0.05, 0) is 56.5 Å². The number of benzene rings is 1. The number of aromatic carboxylic acids is 1. The summed E-state index contributed by atoms with van der Waals surface area (Å²) in [4.78, 5) is 15.1. The first-order valence-corrected chi connectivity index (χ1v) is 7.76. The molecule has 0 amide bonds. The van der Waals surface area contributed by atoms with Gasteiger partial charge in [0.15, 0.2) is 5.82 Å². The Morgan fingerprint density at radius 3 is 2.78 bits per heavy atom. The van der Waals surface area contributed by atoms with Crippen molar-refractivity contribution >= 4 is 11.7 Å². The van der Waals surface area contributed by atoms with Crippen molar-refractivity contribution in [3.63, 3.8) is 0 Å². The minimum absolute atomic E-state index is 0.207. The Labute approximate surface area is 134 Å². The van der Waals surface area contributed by atoms with Gasteiger partial charge in [0, 0.05) is 12.2 Å².